The number of phenolic OH excluding ortho intramolecular Hbond substituents is 1. The Labute approximate surface area is 169 Å². The van der Waals surface area contributed by atoms with Gasteiger partial charge in [0.2, 0.25) is 5.91 Å². The maximum absolute atomic E-state index is 12.7. The molecule has 0 saturated carbocycles. The molecule has 8 heteroatoms. The summed E-state index contributed by atoms with van der Waals surface area (Å²) in [4.78, 5) is 20.8. The molecule has 2 aromatic rings. The lowest BCUT2D eigenvalue weighted by Crippen LogP contribution is -2.53. The molecule has 0 unspecified atom stereocenters. The second kappa shape index (κ2) is 8.37. The fraction of sp³-hybridized carbons (Fsp3) is 0.333. The normalized spacial score (nSPS) is 15.8. The van der Waals surface area contributed by atoms with Crippen molar-refractivity contribution in [3.63, 3.8) is 0 Å². The SMILES string of the molecule is N[C@@H](Cc1cc(Br)c(O)c(Br)c1)C(=O)N1CCN(c2ccncc2)CC1. The second-order valence-electron chi connectivity index (χ2n) is 6.24. The number of nitrogens with zero attached hydrogens (tertiary/aromatic N) is 3. The van der Waals surface area contributed by atoms with Crippen LogP contribution in [0.3, 0.4) is 0 Å². The predicted octanol–water partition coefficient (Wildman–Crippen LogP) is 2.53. The quantitative estimate of drug-likeness (QED) is 0.698. The van der Waals surface area contributed by atoms with Gasteiger partial charge in [-0.05, 0) is 68.1 Å². The van der Waals surface area contributed by atoms with E-state index in [-0.39, 0.29) is 11.7 Å². The van der Waals surface area contributed by atoms with Crippen LogP contribution < -0.4 is 10.6 Å². The van der Waals surface area contributed by atoms with Crippen LogP contribution in [-0.2, 0) is 11.2 Å². The van der Waals surface area contributed by atoms with Crippen LogP contribution in [0.4, 0.5) is 5.69 Å². The van der Waals surface area contributed by atoms with Crippen molar-refractivity contribution in [2.75, 3.05) is 31.1 Å². The number of hydrogen-bond donors (Lipinski definition) is 2. The van der Waals surface area contributed by atoms with Crippen LogP contribution in [0.25, 0.3) is 0 Å². The number of phenols is 1. The number of piperazine rings is 1. The van der Waals surface area contributed by atoms with Crippen molar-refractivity contribution in [3.8, 4) is 5.75 Å². The first-order valence-corrected chi connectivity index (χ1v) is 9.90. The Bertz CT molecular complexity index is 757. The molecule has 2 heterocycles. The molecule has 1 aliphatic rings. The summed E-state index contributed by atoms with van der Waals surface area (Å²) < 4.78 is 1.15. The molecule has 1 amide bonds. The number of carbonyl (C=O) groups is 1. The molecule has 0 bridgehead atoms. The van der Waals surface area contributed by atoms with Crippen LogP contribution in [-0.4, -0.2) is 53.1 Å². The number of benzene rings is 1. The van der Waals surface area contributed by atoms with Gasteiger partial charge in [0.1, 0.15) is 5.75 Å². The van der Waals surface area contributed by atoms with Crippen LogP contribution in [0.5, 0.6) is 5.75 Å². The van der Waals surface area contributed by atoms with Crippen LogP contribution in [0.15, 0.2) is 45.6 Å². The number of aromatic hydroxyl groups is 1. The number of pyridine rings is 1. The summed E-state index contributed by atoms with van der Waals surface area (Å²) in [5, 5.41) is 9.79. The van der Waals surface area contributed by atoms with Gasteiger partial charge in [-0.2, -0.15) is 0 Å². The fourth-order valence-corrected chi connectivity index (χ4v) is 4.33. The molecule has 1 atom stereocenters. The number of carbonyl (C=O) groups excluding carboxylic acids is 1. The number of anilines is 1. The topological polar surface area (TPSA) is 82.7 Å². The molecule has 3 rings (SSSR count). The first-order chi connectivity index (χ1) is 12.5. The number of aromatic nitrogens is 1. The van der Waals surface area contributed by atoms with Crippen molar-refractivity contribution in [2.24, 2.45) is 5.73 Å². The van der Waals surface area contributed by atoms with Gasteiger partial charge in [-0.3, -0.25) is 9.78 Å². The average molecular weight is 484 g/mol. The first-order valence-electron chi connectivity index (χ1n) is 8.32. The summed E-state index contributed by atoms with van der Waals surface area (Å²) in [6, 6.07) is 6.92. The average Bonchev–Trinajstić information content (AvgIpc) is 2.66. The smallest absolute Gasteiger partial charge is 0.239 e. The molecule has 1 aliphatic heterocycles. The molecule has 138 valence electrons. The zero-order valence-electron chi connectivity index (χ0n) is 14.1. The van der Waals surface area contributed by atoms with Gasteiger partial charge in [-0.15, -0.1) is 0 Å². The summed E-state index contributed by atoms with van der Waals surface area (Å²) in [5.41, 5.74) is 8.17. The zero-order chi connectivity index (χ0) is 18.7. The molecule has 0 aliphatic carbocycles. The van der Waals surface area contributed by atoms with Crippen LogP contribution in [0, 0.1) is 0 Å². The van der Waals surface area contributed by atoms with E-state index in [0.29, 0.717) is 28.5 Å². The number of nitrogens with two attached hydrogens (primary N) is 1. The molecular weight excluding hydrogens is 464 g/mol. The lowest BCUT2D eigenvalue weighted by Gasteiger charge is -2.37. The first kappa shape index (κ1) is 19.1. The van der Waals surface area contributed by atoms with Gasteiger partial charge < -0.3 is 20.6 Å². The van der Waals surface area contributed by atoms with Gasteiger partial charge in [-0.25, -0.2) is 0 Å². The number of halogens is 2. The van der Waals surface area contributed by atoms with Crippen LogP contribution >= 0.6 is 31.9 Å². The summed E-state index contributed by atoms with van der Waals surface area (Å²) in [7, 11) is 0. The van der Waals surface area contributed by atoms with E-state index in [2.05, 4.69) is 41.7 Å². The highest BCUT2D eigenvalue weighted by Crippen LogP contribution is 2.33. The van der Waals surface area contributed by atoms with E-state index < -0.39 is 6.04 Å². The van der Waals surface area contributed by atoms with Crippen molar-refractivity contribution in [2.45, 2.75) is 12.5 Å². The van der Waals surface area contributed by atoms with Gasteiger partial charge in [0, 0.05) is 44.3 Å². The summed E-state index contributed by atoms with van der Waals surface area (Å²) in [5.74, 6) is 0.0978. The monoisotopic (exact) mass is 482 g/mol. The summed E-state index contributed by atoms with van der Waals surface area (Å²) in [6.45, 7) is 2.85. The molecule has 6 nitrogen and oxygen atoms in total. The zero-order valence-corrected chi connectivity index (χ0v) is 17.3. The molecule has 1 saturated heterocycles. The highest BCUT2D eigenvalue weighted by molar-refractivity contribution is 9.11. The fourth-order valence-electron chi connectivity index (χ4n) is 3.05. The van der Waals surface area contributed by atoms with E-state index in [0.717, 1.165) is 24.3 Å². The molecule has 0 radical (unpaired) electrons. The summed E-state index contributed by atoms with van der Waals surface area (Å²) >= 11 is 6.61. The Kier molecular flexibility index (Phi) is 6.16. The Hall–Kier alpha value is -1.64. The van der Waals surface area contributed by atoms with Gasteiger partial charge in [0.25, 0.3) is 0 Å². The molecule has 1 aromatic heterocycles. The summed E-state index contributed by atoms with van der Waals surface area (Å²) in [6.07, 6.45) is 3.97. The lowest BCUT2D eigenvalue weighted by atomic mass is 10.0. The van der Waals surface area contributed by atoms with Gasteiger partial charge in [-0.1, -0.05) is 0 Å². The molecule has 1 aromatic carbocycles. The number of rotatable bonds is 4. The van der Waals surface area contributed by atoms with Gasteiger partial charge in [0.05, 0.1) is 15.0 Å². The molecular formula is C18H20Br2N4O2. The minimum absolute atomic E-state index is 0.0419. The second-order valence-corrected chi connectivity index (χ2v) is 7.95. The van der Waals surface area contributed by atoms with E-state index in [9.17, 15) is 9.90 Å². The highest BCUT2D eigenvalue weighted by Gasteiger charge is 2.25. The lowest BCUT2D eigenvalue weighted by molar-refractivity contribution is -0.132. The van der Waals surface area contributed by atoms with Gasteiger partial charge in [0.15, 0.2) is 0 Å². The maximum atomic E-state index is 12.7. The maximum Gasteiger partial charge on any atom is 0.239 e. The number of hydrogen-bond acceptors (Lipinski definition) is 5. The third-order valence-electron chi connectivity index (χ3n) is 4.47. The largest absolute Gasteiger partial charge is 0.506 e. The third-order valence-corrected chi connectivity index (χ3v) is 5.68. The Morgan fingerprint density at radius 2 is 1.73 bits per heavy atom. The van der Waals surface area contributed by atoms with E-state index >= 15 is 0 Å². The highest BCUT2D eigenvalue weighted by atomic mass is 79.9. The van der Waals surface area contributed by atoms with Crippen molar-refractivity contribution < 1.29 is 9.90 Å². The molecule has 3 N–H and O–H groups in total. The van der Waals surface area contributed by atoms with Gasteiger partial charge >= 0.3 is 0 Å². The Morgan fingerprint density at radius 3 is 2.31 bits per heavy atom. The molecule has 0 spiro atoms. The van der Waals surface area contributed by atoms with E-state index in [1.54, 1.807) is 24.5 Å². The van der Waals surface area contributed by atoms with E-state index in [1.807, 2.05) is 17.0 Å². The standard InChI is InChI=1S/C18H20Br2N4O2/c19-14-9-12(10-15(20)17(14)25)11-16(21)18(26)24-7-5-23(6-8-24)13-1-3-22-4-2-13/h1-4,9-10,16,25H,5-8,11,21H2/t16-/m0/s1. The van der Waals surface area contributed by atoms with Crippen molar-refractivity contribution >= 4 is 43.5 Å². The molecule has 1 fully saturated rings. The van der Waals surface area contributed by atoms with Crippen LogP contribution in [0.1, 0.15) is 5.56 Å². The Morgan fingerprint density at radius 1 is 1.15 bits per heavy atom. The molecule has 26 heavy (non-hydrogen) atoms. The van der Waals surface area contributed by atoms with Crippen molar-refractivity contribution in [1.82, 2.24) is 9.88 Å². The van der Waals surface area contributed by atoms with Crippen molar-refractivity contribution in [1.29, 1.82) is 0 Å². The minimum atomic E-state index is -0.606. The van der Waals surface area contributed by atoms with Crippen LogP contribution in [0.2, 0.25) is 0 Å². The van der Waals surface area contributed by atoms with Crippen molar-refractivity contribution in [3.05, 3.63) is 51.2 Å². The third kappa shape index (κ3) is 4.36. The van der Waals surface area contributed by atoms with E-state index in [4.69, 9.17) is 5.73 Å². The van der Waals surface area contributed by atoms with E-state index in [1.165, 1.54) is 0 Å². The predicted molar refractivity (Wildman–Crippen MR) is 108 cm³/mol. The Balaban J connectivity index is 1.58. The minimum Gasteiger partial charge on any atom is -0.506 e. The number of amides is 1.